The van der Waals surface area contributed by atoms with E-state index in [1.807, 2.05) is 13.0 Å². The molecule has 0 spiro atoms. The molecule has 0 unspecified atom stereocenters. The quantitative estimate of drug-likeness (QED) is 0.422. The summed E-state index contributed by atoms with van der Waals surface area (Å²) in [5, 5.41) is 0. The Kier molecular flexibility index (Phi) is 5.18. The van der Waals surface area contributed by atoms with Crippen molar-refractivity contribution in [3.05, 3.63) is 48.6 Å². The van der Waals surface area contributed by atoms with Crippen molar-refractivity contribution in [2.75, 3.05) is 0 Å². The molecule has 0 heterocycles. The van der Waals surface area contributed by atoms with Gasteiger partial charge in [0, 0.05) is 0 Å². The molecule has 0 aromatic rings. The Morgan fingerprint density at radius 2 is 2.00 bits per heavy atom. The maximum atomic E-state index is 3.79. The fourth-order valence-corrected chi connectivity index (χ4v) is 0.787. The van der Waals surface area contributed by atoms with Crippen LogP contribution in [0.2, 0.25) is 0 Å². The highest BCUT2D eigenvalue weighted by atomic mass is 13.9. The van der Waals surface area contributed by atoms with Crippen molar-refractivity contribution in [3.63, 3.8) is 0 Å². The Morgan fingerprint density at radius 3 is 2.45 bits per heavy atom. The van der Waals surface area contributed by atoms with Crippen molar-refractivity contribution in [1.82, 2.24) is 0 Å². The summed E-state index contributed by atoms with van der Waals surface area (Å²) in [6.07, 6.45) is 9.03. The lowest BCUT2D eigenvalue weighted by molar-refractivity contribution is 1.37. The minimum atomic E-state index is 0.932. The molecule has 0 radical (unpaired) electrons. The molecule has 0 aromatic carbocycles. The van der Waals surface area contributed by atoms with Crippen LogP contribution in [0.1, 0.15) is 20.3 Å². The second kappa shape index (κ2) is 5.72. The molecule has 0 atom stereocenters. The van der Waals surface area contributed by atoms with Crippen molar-refractivity contribution >= 4 is 0 Å². The van der Waals surface area contributed by atoms with Gasteiger partial charge < -0.3 is 0 Å². The van der Waals surface area contributed by atoms with E-state index in [1.165, 1.54) is 5.57 Å². The van der Waals surface area contributed by atoms with E-state index < -0.39 is 0 Å². The molecule has 0 aliphatic rings. The Hall–Kier alpha value is -1.04. The highest BCUT2D eigenvalue weighted by molar-refractivity contribution is 5.25. The number of hydrogen-bond donors (Lipinski definition) is 0. The minimum absolute atomic E-state index is 0.932. The molecule has 60 valence electrons. The Balaban J connectivity index is 3.94. The first-order valence-corrected chi connectivity index (χ1v) is 3.78. The lowest BCUT2D eigenvalue weighted by Gasteiger charge is -1.90. The zero-order valence-electron chi connectivity index (χ0n) is 7.43. The molecule has 0 aliphatic carbocycles. The van der Waals surface area contributed by atoms with Crippen molar-refractivity contribution in [1.29, 1.82) is 0 Å². The summed E-state index contributed by atoms with van der Waals surface area (Å²) in [6, 6.07) is 0. The predicted molar refractivity (Wildman–Crippen MR) is 52.5 cm³/mol. The molecule has 0 N–H and O–H groups in total. The number of hydrogen-bond acceptors (Lipinski definition) is 0. The van der Waals surface area contributed by atoms with Crippen LogP contribution in [0, 0.1) is 0 Å². The molecule has 0 rings (SSSR count). The molecule has 0 saturated heterocycles. The van der Waals surface area contributed by atoms with Crippen LogP contribution >= 0.6 is 0 Å². The zero-order chi connectivity index (χ0) is 8.69. The smallest absolute Gasteiger partial charge is 0.0169 e. The number of rotatable bonds is 4. The van der Waals surface area contributed by atoms with E-state index in [1.54, 1.807) is 0 Å². The summed E-state index contributed by atoms with van der Waals surface area (Å²) in [5.74, 6) is 0. The van der Waals surface area contributed by atoms with E-state index in [4.69, 9.17) is 0 Å². The van der Waals surface area contributed by atoms with E-state index >= 15 is 0 Å². The highest BCUT2D eigenvalue weighted by Crippen LogP contribution is 2.01. The van der Waals surface area contributed by atoms with E-state index in [0.717, 1.165) is 12.0 Å². The van der Waals surface area contributed by atoms with Gasteiger partial charge in [-0.05, 0) is 20.3 Å². The minimum Gasteiger partial charge on any atom is -0.103 e. The molecule has 0 amide bonds. The van der Waals surface area contributed by atoms with Gasteiger partial charge in [-0.1, -0.05) is 42.0 Å². The van der Waals surface area contributed by atoms with Gasteiger partial charge in [-0.25, -0.2) is 0 Å². The third kappa shape index (κ3) is 6.85. The Morgan fingerprint density at radius 1 is 1.36 bits per heavy atom. The molecule has 0 aromatic heterocycles. The molecule has 0 bridgehead atoms. The lowest BCUT2D eigenvalue weighted by Crippen LogP contribution is -1.69. The van der Waals surface area contributed by atoms with E-state index in [2.05, 4.69) is 38.3 Å². The maximum absolute atomic E-state index is 3.79. The van der Waals surface area contributed by atoms with Gasteiger partial charge >= 0.3 is 0 Å². The van der Waals surface area contributed by atoms with Crippen LogP contribution in [0.5, 0.6) is 0 Å². The van der Waals surface area contributed by atoms with E-state index in [0.29, 0.717) is 0 Å². The first kappa shape index (κ1) is 9.96. The Labute approximate surface area is 69.6 Å². The van der Waals surface area contributed by atoms with Gasteiger partial charge in [0.05, 0.1) is 0 Å². The standard InChI is InChI=1S/C11H16/c1-5-6-7-8-11(4)9-10(2)3/h5,7-9H,1-2,6H2,3-4H3/b8-7-,11-9-. The molecule has 0 aliphatic heterocycles. The third-order valence-corrected chi connectivity index (χ3v) is 1.16. The van der Waals surface area contributed by atoms with Crippen LogP contribution in [-0.2, 0) is 0 Å². The van der Waals surface area contributed by atoms with Gasteiger partial charge in [0.25, 0.3) is 0 Å². The number of allylic oxidation sites excluding steroid dienone is 6. The first-order chi connectivity index (χ1) is 5.16. The third-order valence-electron chi connectivity index (χ3n) is 1.16. The SMILES string of the molecule is C=CC/C=C\C(C)=C/C(=C)C. The highest BCUT2D eigenvalue weighted by Gasteiger charge is 1.80. The van der Waals surface area contributed by atoms with Crippen LogP contribution in [-0.4, -0.2) is 0 Å². The summed E-state index contributed by atoms with van der Waals surface area (Å²) >= 11 is 0. The van der Waals surface area contributed by atoms with Crippen LogP contribution in [0.15, 0.2) is 48.6 Å². The van der Waals surface area contributed by atoms with Gasteiger partial charge in [-0.2, -0.15) is 0 Å². The van der Waals surface area contributed by atoms with E-state index in [9.17, 15) is 0 Å². The van der Waals surface area contributed by atoms with Crippen molar-refractivity contribution in [2.24, 2.45) is 0 Å². The molecule has 0 heteroatoms. The summed E-state index contributed by atoms with van der Waals surface area (Å²) in [5.41, 5.74) is 2.32. The fourth-order valence-electron chi connectivity index (χ4n) is 0.787. The first-order valence-electron chi connectivity index (χ1n) is 3.78. The van der Waals surface area contributed by atoms with Gasteiger partial charge in [0.15, 0.2) is 0 Å². The van der Waals surface area contributed by atoms with Crippen LogP contribution < -0.4 is 0 Å². The normalized spacial score (nSPS) is 12.0. The molecule has 0 nitrogen and oxygen atoms in total. The topological polar surface area (TPSA) is 0 Å². The monoisotopic (exact) mass is 148 g/mol. The molecule has 11 heavy (non-hydrogen) atoms. The van der Waals surface area contributed by atoms with Gasteiger partial charge in [0.2, 0.25) is 0 Å². The average Bonchev–Trinajstić information content (AvgIpc) is 1.86. The fraction of sp³-hybridized carbons (Fsp3) is 0.273. The predicted octanol–water partition coefficient (Wildman–Crippen LogP) is 3.64. The summed E-state index contributed by atoms with van der Waals surface area (Å²) in [4.78, 5) is 0. The summed E-state index contributed by atoms with van der Waals surface area (Å²) in [6.45, 7) is 11.5. The average molecular weight is 148 g/mol. The molecule has 0 saturated carbocycles. The molecular formula is C11H16. The van der Waals surface area contributed by atoms with Crippen LogP contribution in [0.4, 0.5) is 0 Å². The summed E-state index contributed by atoms with van der Waals surface area (Å²) in [7, 11) is 0. The lowest BCUT2D eigenvalue weighted by atomic mass is 10.2. The van der Waals surface area contributed by atoms with Gasteiger partial charge in [-0.3, -0.25) is 0 Å². The summed E-state index contributed by atoms with van der Waals surface area (Å²) < 4.78 is 0. The second-order valence-electron chi connectivity index (χ2n) is 2.66. The van der Waals surface area contributed by atoms with E-state index in [-0.39, 0.29) is 0 Å². The van der Waals surface area contributed by atoms with Crippen LogP contribution in [0.25, 0.3) is 0 Å². The maximum Gasteiger partial charge on any atom is -0.0169 e. The Bertz CT molecular complexity index is 192. The van der Waals surface area contributed by atoms with Crippen molar-refractivity contribution in [3.8, 4) is 0 Å². The van der Waals surface area contributed by atoms with Crippen molar-refractivity contribution < 1.29 is 0 Å². The molecular weight excluding hydrogens is 132 g/mol. The van der Waals surface area contributed by atoms with Crippen LogP contribution in [0.3, 0.4) is 0 Å². The van der Waals surface area contributed by atoms with Gasteiger partial charge in [0.1, 0.15) is 0 Å². The van der Waals surface area contributed by atoms with Gasteiger partial charge in [-0.15, -0.1) is 6.58 Å². The van der Waals surface area contributed by atoms with Crippen molar-refractivity contribution in [2.45, 2.75) is 20.3 Å². The molecule has 0 fully saturated rings. The second-order valence-corrected chi connectivity index (χ2v) is 2.66. The zero-order valence-corrected chi connectivity index (χ0v) is 7.43. The largest absolute Gasteiger partial charge is 0.103 e.